The molecular weight excluding hydrogens is 192 g/mol. The SMILES string of the molecule is CC(=O)C(=O)Nc1cc(F)ccc1F. The molecule has 5 heteroatoms. The molecule has 0 saturated carbocycles. The molecule has 0 aliphatic heterocycles. The molecule has 1 rings (SSSR count). The van der Waals surface area contributed by atoms with E-state index >= 15 is 0 Å². The van der Waals surface area contributed by atoms with Gasteiger partial charge in [0.1, 0.15) is 11.6 Å². The highest BCUT2D eigenvalue weighted by Gasteiger charge is 2.11. The lowest BCUT2D eigenvalue weighted by molar-refractivity contribution is -0.133. The molecule has 3 nitrogen and oxygen atoms in total. The average Bonchev–Trinajstić information content (AvgIpc) is 2.11. The summed E-state index contributed by atoms with van der Waals surface area (Å²) in [6.07, 6.45) is 0. The molecule has 1 aromatic rings. The van der Waals surface area contributed by atoms with Crippen LogP contribution in [0.25, 0.3) is 0 Å². The van der Waals surface area contributed by atoms with Gasteiger partial charge in [0.05, 0.1) is 5.69 Å². The van der Waals surface area contributed by atoms with E-state index in [4.69, 9.17) is 0 Å². The highest BCUT2D eigenvalue weighted by Crippen LogP contribution is 2.14. The van der Waals surface area contributed by atoms with Crippen molar-refractivity contribution in [3.05, 3.63) is 29.8 Å². The lowest BCUT2D eigenvalue weighted by atomic mass is 10.3. The number of hydrogen-bond donors (Lipinski definition) is 1. The minimum absolute atomic E-state index is 0.342. The van der Waals surface area contributed by atoms with E-state index in [0.29, 0.717) is 0 Å². The maximum absolute atomic E-state index is 12.9. The van der Waals surface area contributed by atoms with Crippen LogP contribution >= 0.6 is 0 Å². The average molecular weight is 199 g/mol. The third kappa shape index (κ3) is 2.35. The van der Waals surface area contributed by atoms with E-state index < -0.39 is 23.3 Å². The summed E-state index contributed by atoms with van der Waals surface area (Å²) < 4.78 is 25.5. The van der Waals surface area contributed by atoms with Gasteiger partial charge < -0.3 is 5.32 Å². The van der Waals surface area contributed by atoms with Crippen LogP contribution in [0.5, 0.6) is 0 Å². The first-order chi connectivity index (χ1) is 6.50. The molecule has 0 fully saturated rings. The third-order valence-corrected chi connectivity index (χ3v) is 1.50. The maximum atomic E-state index is 12.9. The molecule has 0 bridgehead atoms. The van der Waals surface area contributed by atoms with Crippen molar-refractivity contribution in [3.8, 4) is 0 Å². The number of rotatable bonds is 2. The summed E-state index contributed by atoms with van der Waals surface area (Å²) in [5.41, 5.74) is -0.342. The molecule has 0 atom stereocenters. The van der Waals surface area contributed by atoms with Crippen LogP contribution in [0.1, 0.15) is 6.92 Å². The van der Waals surface area contributed by atoms with Gasteiger partial charge in [-0.15, -0.1) is 0 Å². The van der Waals surface area contributed by atoms with Gasteiger partial charge in [0.25, 0.3) is 5.91 Å². The van der Waals surface area contributed by atoms with Crippen LogP contribution in [0.15, 0.2) is 18.2 Å². The second-order valence-electron chi connectivity index (χ2n) is 2.63. The zero-order valence-corrected chi connectivity index (χ0v) is 7.30. The summed E-state index contributed by atoms with van der Waals surface area (Å²) in [6, 6.07) is 2.58. The number of benzene rings is 1. The largest absolute Gasteiger partial charge is 0.317 e. The number of hydrogen-bond acceptors (Lipinski definition) is 2. The van der Waals surface area contributed by atoms with Crippen molar-refractivity contribution < 1.29 is 18.4 Å². The zero-order chi connectivity index (χ0) is 10.7. The fourth-order valence-electron chi connectivity index (χ4n) is 0.804. The monoisotopic (exact) mass is 199 g/mol. The number of carbonyl (C=O) groups excluding carboxylic acids is 2. The van der Waals surface area contributed by atoms with Crippen molar-refractivity contribution in [2.24, 2.45) is 0 Å². The smallest absolute Gasteiger partial charge is 0.291 e. The third-order valence-electron chi connectivity index (χ3n) is 1.50. The fourth-order valence-corrected chi connectivity index (χ4v) is 0.804. The van der Waals surface area contributed by atoms with Crippen molar-refractivity contribution in [2.75, 3.05) is 5.32 Å². The van der Waals surface area contributed by atoms with Gasteiger partial charge in [-0.05, 0) is 12.1 Å². The molecule has 0 spiro atoms. The van der Waals surface area contributed by atoms with Gasteiger partial charge in [0, 0.05) is 13.0 Å². The first-order valence-electron chi connectivity index (χ1n) is 3.77. The van der Waals surface area contributed by atoms with E-state index in [1.165, 1.54) is 0 Å². The minimum atomic E-state index is -0.977. The van der Waals surface area contributed by atoms with Gasteiger partial charge in [-0.25, -0.2) is 8.78 Å². The molecule has 1 aromatic carbocycles. The number of nitrogens with one attached hydrogen (secondary N) is 1. The predicted octanol–water partition coefficient (Wildman–Crippen LogP) is 1.49. The fraction of sp³-hybridized carbons (Fsp3) is 0.111. The van der Waals surface area contributed by atoms with E-state index in [0.717, 1.165) is 25.1 Å². The summed E-state index contributed by atoms with van der Waals surface area (Å²) in [5, 5.41) is 1.95. The van der Waals surface area contributed by atoms with Gasteiger partial charge in [-0.2, -0.15) is 0 Å². The summed E-state index contributed by atoms with van der Waals surface area (Å²) in [7, 11) is 0. The Labute approximate surface area is 78.7 Å². The lowest BCUT2D eigenvalue weighted by Gasteiger charge is -2.03. The molecule has 14 heavy (non-hydrogen) atoms. The van der Waals surface area contributed by atoms with Crippen molar-refractivity contribution >= 4 is 17.4 Å². The van der Waals surface area contributed by atoms with E-state index in [9.17, 15) is 18.4 Å². The van der Waals surface area contributed by atoms with E-state index in [1.807, 2.05) is 5.32 Å². The Bertz CT molecular complexity index is 390. The number of anilines is 1. The van der Waals surface area contributed by atoms with Crippen LogP contribution in [-0.2, 0) is 9.59 Å². The van der Waals surface area contributed by atoms with Gasteiger partial charge in [0.2, 0.25) is 5.78 Å². The highest BCUT2D eigenvalue weighted by atomic mass is 19.1. The quantitative estimate of drug-likeness (QED) is 0.733. The Morgan fingerprint density at radius 2 is 1.93 bits per heavy atom. The van der Waals surface area contributed by atoms with Crippen LogP contribution in [0, 0.1) is 11.6 Å². The van der Waals surface area contributed by atoms with Gasteiger partial charge in [0.15, 0.2) is 0 Å². The first kappa shape index (κ1) is 10.3. The van der Waals surface area contributed by atoms with Gasteiger partial charge >= 0.3 is 0 Å². The molecule has 1 amide bonds. The molecule has 0 aromatic heterocycles. The Morgan fingerprint density at radius 1 is 1.29 bits per heavy atom. The summed E-state index contributed by atoms with van der Waals surface area (Å²) in [5.74, 6) is -3.23. The topological polar surface area (TPSA) is 46.2 Å². The standard InChI is InChI=1S/C9H7F2NO2/c1-5(13)9(14)12-8-4-6(10)2-3-7(8)11/h2-4H,1H3,(H,12,14). The van der Waals surface area contributed by atoms with Crippen LogP contribution in [0.2, 0.25) is 0 Å². The number of amides is 1. The van der Waals surface area contributed by atoms with Crippen LogP contribution in [0.3, 0.4) is 0 Å². The normalized spacial score (nSPS) is 9.64. The van der Waals surface area contributed by atoms with Crippen LogP contribution in [-0.4, -0.2) is 11.7 Å². The molecule has 0 saturated heterocycles. The zero-order valence-electron chi connectivity index (χ0n) is 7.30. The Morgan fingerprint density at radius 3 is 2.50 bits per heavy atom. The number of Topliss-reactive ketones (excluding diaryl/α,β-unsaturated/α-hetero) is 1. The van der Waals surface area contributed by atoms with Crippen molar-refractivity contribution in [1.29, 1.82) is 0 Å². The minimum Gasteiger partial charge on any atom is -0.317 e. The number of ketones is 1. The van der Waals surface area contributed by atoms with Crippen molar-refractivity contribution in [3.63, 3.8) is 0 Å². The van der Waals surface area contributed by atoms with Crippen molar-refractivity contribution in [1.82, 2.24) is 0 Å². The molecule has 1 N–H and O–H groups in total. The van der Waals surface area contributed by atoms with Gasteiger partial charge in [-0.3, -0.25) is 9.59 Å². The molecule has 0 heterocycles. The molecule has 0 aliphatic carbocycles. The van der Waals surface area contributed by atoms with E-state index in [-0.39, 0.29) is 5.69 Å². The molecule has 0 unspecified atom stereocenters. The Kier molecular flexibility index (Phi) is 2.91. The second kappa shape index (κ2) is 3.95. The van der Waals surface area contributed by atoms with Crippen LogP contribution in [0.4, 0.5) is 14.5 Å². The number of halogens is 2. The molecule has 0 radical (unpaired) electrons. The van der Waals surface area contributed by atoms with E-state index in [2.05, 4.69) is 0 Å². The summed E-state index contributed by atoms with van der Waals surface area (Å²) >= 11 is 0. The molecule has 0 aliphatic rings. The predicted molar refractivity (Wildman–Crippen MR) is 45.7 cm³/mol. The molecule has 74 valence electrons. The maximum Gasteiger partial charge on any atom is 0.291 e. The number of carbonyl (C=O) groups is 2. The van der Waals surface area contributed by atoms with E-state index in [1.54, 1.807) is 0 Å². The lowest BCUT2D eigenvalue weighted by Crippen LogP contribution is -2.20. The van der Waals surface area contributed by atoms with Crippen molar-refractivity contribution in [2.45, 2.75) is 6.92 Å². The highest BCUT2D eigenvalue weighted by molar-refractivity contribution is 6.39. The first-order valence-corrected chi connectivity index (χ1v) is 3.77. The summed E-state index contributed by atoms with van der Waals surface area (Å²) in [6.45, 7) is 1.03. The Hall–Kier alpha value is -1.78. The van der Waals surface area contributed by atoms with Crippen LogP contribution < -0.4 is 5.32 Å². The Balaban J connectivity index is 2.91. The summed E-state index contributed by atoms with van der Waals surface area (Å²) in [4.78, 5) is 21.3. The molecular formula is C9H7F2NO2. The van der Waals surface area contributed by atoms with Gasteiger partial charge in [-0.1, -0.05) is 0 Å². The second-order valence-corrected chi connectivity index (χ2v) is 2.63.